The van der Waals surface area contributed by atoms with Crippen molar-refractivity contribution in [2.45, 2.75) is 194 Å². The molecule has 4 heteroatoms. The quantitative estimate of drug-likeness (QED) is 0.0684. The molecule has 252 valence electrons. The van der Waals surface area contributed by atoms with Crippen LogP contribution in [0.1, 0.15) is 194 Å². The van der Waals surface area contributed by atoms with Gasteiger partial charge < -0.3 is 14.5 Å². The summed E-state index contributed by atoms with van der Waals surface area (Å²) in [6.45, 7) is 8.14. The summed E-state index contributed by atoms with van der Waals surface area (Å²) in [6.07, 6.45) is 38.4. The Kier molecular flexibility index (Phi) is 34.4. The fourth-order valence-electron chi connectivity index (χ4n) is 5.85. The van der Waals surface area contributed by atoms with Crippen LogP contribution in [0.5, 0.6) is 0 Å². The highest BCUT2D eigenvalue weighted by Crippen LogP contribution is 2.15. The van der Waals surface area contributed by atoms with Crippen LogP contribution in [0.2, 0.25) is 0 Å². The van der Waals surface area contributed by atoms with Gasteiger partial charge in [0.05, 0.1) is 6.61 Å². The molecule has 0 spiro atoms. The van der Waals surface area contributed by atoms with Crippen molar-refractivity contribution in [3.63, 3.8) is 0 Å². The minimum Gasteiger partial charge on any atom is -0.370 e. The van der Waals surface area contributed by atoms with Gasteiger partial charge in [0.15, 0.2) is 0 Å². The molecule has 1 amide bonds. The van der Waals surface area contributed by atoms with Gasteiger partial charge >= 0.3 is 0 Å². The highest BCUT2D eigenvalue weighted by Gasteiger charge is 2.13. The van der Waals surface area contributed by atoms with Gasteiger partial charge in [0.25, 0.3) is 0 Å². The summed E-state index contributed by atoms with van der Waals surface area (Å²) in [6, 6.07) is 0. The predicted octanol–water partition coefficient (Wildman–Crippen LogP) is 11.4. The molecule has 0 N–H and O–H groups in total. The van der Waals surface area contributed by atoms with Gasteiger partial charge in [-0.2, -0.15) is 0 Å². The fourth-order valence-corrected chi connectivity index (χ4v) is 5.85. The second-order valence-corrected chi connectivity index (χ2v) is 13.4. The van der Waals surface area contributed by atoms with Gasteiger partial charge in [-0.3, -0.25) is 4.79 Å². The molecule has 0 saturated carbocycles. The summed E-state index contributed by atoms with van der Waals surface area (Å²) < 4.78 is 5.70. The van der Waals surface area contributed by atoms with Crippen molar-refractivity contribution in [1.29, 1.82) is 0 Å². The third kappa shape index (κ3) is 32.3. The molecule has 0 saturated heterocycles. The maximum absolute atomic E-state index is 12.9. The van der Waals surface area contributed by atoms with E-state index in [0.29, 0.717) is 6.61 Å². The molecule has 0 fully saturated rings. The highest BCUT2D eigenvalue weighted by atomic mass is 16.5. The SMILES string of the molecule is CCCCCCCCCCCCCCCCN(CCCCCCCCCCCCCCCC)C(=O)COCCN(C)C. The number of amides is 1. The number of rotatable bonds is 35. The number of carbonyl (C=O) groups is 1. The Morgan fingerprint density at radius 3 is 1.00 bits per heavy atom. The molecule has 0 aromatic carbocycles. The molecule has 0 unspecified atom stereocenters. The van der Waals surface area contributed by atoms with Crippen molar-refractivity contribution in [3.05, 3.63) is 0 Å². The van der Waals surface area contributed by atoms with E-state index < -0.39 is 0 Å². The van der Waals surface area contributed by atoms with E-state index in [-0.39, 0.29) is 12.5 Å². The Labute approximate surface area is 265 Å². The first-order valence-corrected chi connectivity index (χ1v) is 19.1. The Morgan fingerprint density at radius 1 is 0.429 bits per heavy atom. The minimum atomic E-state index is 0.193. The second kappa shape index (κ2) is 34.9. The topological polar surface area (TPSA) is 32.8 Å². The summed E-state index contributed by atoms with van der Waals surface area (Å²) in [5.74, 6) is 0.193. The third-order valence-electron chi connectivity index (χ3n) is 8.82. The summed E-state index contributed by atoms with van der Waals surface area (Å²) in [4.78, 5) is 17.1. The normalized spacial score (nSPS) is 11.5. The summed E-state index contributed by atoms with van der Waals surface area (Å²) >= 11 is 0. The lowest BCUT2D eigenvalue weighted by atomic mass is 10.0. The van der Waals surface area contributed by atoms with Crippen molar-refractivity contribution < 1.29 is 9.53 Å². The Balaban J connectivity index is 3.91. The van der Waals surface area contributed by atoms with Crippen molar-refractivity contribution in [1.82, 2.24) is 9.80 Å². The van der Waals surface area contributed by atoms with E-state index in [0.717, 1.165) is 32.5 Å². The first-order valence-electron chi connectivity index (χ1n) is 19.1. The number of hydrogen-bond acceptors (Lipinski definition) is 3. The molecule has 0 aromatic heterocycles. The van der Waals surface area contributed by atoms with Crippen LogP contribution < -0.4 is 0 Å². The van der Waals surface area contributed by atoms with E-state index in [1.807, 2.05) is 14.1 Å². The molecule has 0 bridgehead atoms. The zero-order valence-electron chi connectivity index (χ0n) is 29.5. The summed E-state index contributed by atoms with van der Waals surface area (Å²) in [5, 5.41) is 0. The van der Waals surface area contributed by atoms with E-state index in [1.165, 1.54) is 167 Å². The molecule has 0 heterocycles. The van der Waals surface area contributed by atoms with Crippen LogP contribution in [0.15, 0.2) is 0 Å². The Hall–Kier alpha value is -0.610. The number of ether oxygens (including phenoxy) is 1. The van der Waals surface area contributed by atoms with E-state index >= 15 is 0 Å². The lowest BCUT2D eigenvalue weighted by Gasteiger charge is -2.23. The molecule has 0 rings (SSSR count). The molecular weight excluding hydrogens is 516 g/mol. The number of carbonyl (C=O) groups excluding carboxylic acids is 1. The molecule has 0 radical (unpaired) electrons. The molecular formula is C38H78N2O2. The van der Waals surface area contributed by atoms with Gasteiger partial charge in [0.1, 0.15) is 6.61 Å². The molecule has 0 aliphatic rings. The monoisotopic (exact) mass is 595 g/mol. The molecule has 4 nitrogen and oxygen atoms in total. The molecule has 0 aliphatic heterocycles. The van der Waals surface area contributed by atoms with Gasteiger partial charge in [-0.15, -0.1) is 0 Å². The number of unbranched alkanes of at least 4 members (excludes halogenated alkanes) is 26. The molecule has 0 atom stereocenters. The van der Waals surface area contributed by atoms with Gasteiger partial charge in [-0.25, -0.2) is 0 Å². The van der Waals surface area contributed by atoms with Crippen molar-refractivity contribution >= 4 is 5.91 Å². The average molecular weight is 595 g/mol. The van der Waals surface area contributed by atoms with Crippen LogP contribution in [0.4, 0.5) is 0 Å². The lowest BCUT2D eigenvalue weighted by molar-refractivity contribution is -0.136. The van der Waals surface area contributed by atoms with Gasteiger partial charge in [-0.05, 0) is 26.9 Å². The summed E-state index contributed by atoms with van der Waals surface area (Å²) in [7, 11) is 4.09. The predicted molar refractivity (Wildman–Crippen MR) is 187 cm³/mol. The lowest BCUT2D eigenvalue weighted by Crippen LogP contribution is -2.36. The van der Waals surface area contributed by atoms with Crippen molar-refractivity contribution in [2.24, 2.45) is 0 Å². The first kappa shape index (κ1) is 41.4. The molecule has 42 heavy (non-hydrogen) atoms. The van der Waals surface area contributed by atoms with Crippen LogP contribution in [-0.2, 0) is 9.53 Å². The van der Waals surface area contributed by atoms with Crippen LogP contribution in [0, 0.1) is 0 Å². The number of nitrogens with zero attached hydrogens (tertiary/aromatic N) is 2. The van der Waals surface area contributed by atoms with Crippen LogP contribution in [0.3, 0.4) is 0 Å². The maximum atomic E-state index is 12.9. The van der Waals surface area contributed by atoms with Gasteiger partial charge in [-0.1, -0.05) is 181 Å². The van der Waals surface area contributed by atoms with E-state index in [2.05, 4.69) is 23.6 Å². The minimum absolute atomic E-state index is 0.193. The zero-order chi connectivity index (χ0) is 30.8. The summed E-state index contributed by atoms with van der Waals surface area (Å²) in [5.41, 5.74) is 0. The second-order valence-electron chi connectivity index (χ2n) is 13.4. The molecule has 0 aliphatic carbocycles. The van der Waals surface area contributed by atoms with Crippen LogP contribution >= 0.6 is 0 Å². The van der Waals surface area contributed by atoms with Crippen LogP contribution in [-0.4, -0.2) is 62.7 Å². The Bertz CT molecular complexity index is 493. The van der Waals surface area contributed by atoms with Crippen LogP contribution in [0.25, 0.3) is 0 Å². The smallest absolute Gasteiger partial charge is 0.248 e. The number of hydrogen-bond donors (Lipinski definition) is 0. The largest absolute Gasteiger partial charge is 0.370 e. The van der Waals surface area contributed by atoms with E-state index in [9.17, 15) is 4.79 Å². The fraction of sp³-hybridized carbons (Fsp3) is 0.974. The number of likely N-dealkylation sites (N-methyl/N-ethyl adjacent to an activating group) is 1. The third-order valence-corrected chi connectivity index (χ3v) is 8.82. The van der Waals surface area contributed by atoms with E-state index in [1.54, 1.807) is 0 Å². The van der Waals surface area contributed by atoms with Crippen molar-refractivity contribution in [2.75, 3.05) is 46.9 Å². The standard InChI is InChI=1S/C38H78N2O2/c1-5-7-9-11-13-15-17-19-21-23-25-27-29-31-33-40(38(41)37-42-36-35-39(3)4)34-32-30-28-26-24-22-20-18-16-14-12-10-8-6-2/h5-37H2,1-4H3. The Morgan fingerprint density at radius 2 is 0.714 bits per heavy atom. The highest BCUT2D eigenvalue weighted by molar-refractivity contribution is 5.77. The van der Waals surface area contributed by atoms with E-state index in [4.69, 9.17) is 4.74 Å². The van der Waals surface area contributed by atoms with Gasteiger partial charge in [0, 0.05) is 19.6 Å². The van der Waals surface area contributed by atoms with Gasteiger partial charge in [0.2, 0.25) is 5.91 Å². The average Bonchev–Trinajstić information content (AvgIpc) is 2.98. The van der Waals surface area contributed by atoms with Crippen molar-refractivity contribution in [3.8, 4) is 0 Å². The first-order chi connectivity index (χ1) is 20.6. The molecule has 0 aromatic rings. The maximum Gasteiger partial charge on any atom is 0.248 e. The zero-order valence-corrected chi connectivity index (χ0v) is 29.5.